The van der Waals surface area contributed by atoms with Gasteiger partial charge in [0, 0.05) is 23.9 Å². The largest absolute Gasteiger partial charge is 0.305 e. The lowest BCUT2D eigenvalue weighted by molar-refractivity contribution is 0.102. The number of hydrogen-bond donors (Lipinski definition) is 1. The fourth-order valence-electron chi connectivity index (χ4n) is 1.67. The van der Waals surface area contributed by atoms with Gasteiger partial charge in [0.15, 0.2) is 5.82 Å². The molecule has 0 aliphatic heterocycles. The van der Waals surface area contributed by atoms with Crippen LogP contribution in [0.15, 0.2) is 30.5 Å². The van der Waals surface area contributed by atoms with Crippen LogP contribution in [-0.4, -0.2) is 15.7 Å². The van der Waals surface area contributed by atoms with E-state index in [1.165, 1.54) is 18.2 Å². The quantitative estimate of drug-likeness (QED) is 0.922. The molecule has 0 unspecified atom stereocenters. The molecule has 2 rings (SSSR count). The zero-order valence-corrected chi connectivity index (χ0v) is 11.1. The highest BCUT2D eigenvalue weighted by molar-refractivity contribution is 6.03. The molecule has 0 saturated heterocycles. The summed E-state index contributed by atoms with van der Waals surface area (Å²) in [6.07, 6.45) is 1.80. The van der Waals surface area contributed by atoms with E-state index in [1.54, 1.807) is 23.9 Å². The van der Waals surface area contributed by atoms with Gasteiger partial charge in [-0.1, -0.05) is 0 Å². The summed E-state index contributed by atoms with van der Waals surface area (Å²) in [6, 6.07) is 6.23. The summed E-state index contributed by atoms with van der Waals surface area (Å²) in [6.45, 7) is 5.63. The van der Waals surface area contributed by atoms with E-state index in [1.807, 2.05) is 13.8 Å². The molecule has 19 heavy (non-hydrogen) atoms. The Kier molecular flexibility index (Phi) is 3.64. The van der Waals surface area contributed by atoms with Gasteiger partial charge >= 0.3 is 0 Å². The summed E-state index contributed by atoms with van der Waals surface area (Å²) in [5.41, 5.74) is 0.860. The summed E-state index contributed by atoms with van der Waals surface area (Å²) < 4.78 is 14.9. The summed E-state index contributed by atoms with van der Waals surface area (Å²) in [5.74, 6) is -0.126. The van der Waals surface area contributed by atoms with Crippen LogP contribution >= 0.6 is 0 Å². The van der Waals surface area contributed by atoms with Gasteiger partial charge in [0.1, 0.15) is 5.82 Å². The Bertz CT molecular complexity index is 604. The van der Waals surface area contributed by atoms with Crippen molar-refractivity contribution in [2.45, 2.75) is 26.8 Å². The zero-order valence-electron chi connectivity index (χ0n) is 11.1. The Morgan fingerprint density at radius 1 is 1.37 bits per heavy atom. The van der Waals surface area contributed by atoms with Crippen molar-refractivity contribution in [3.8, 4) is 0 Å². The molecule has 1 heterocycles. The Balaban J connectivity index is 2.13. The summed E-state index contributed by atoms with van der Waals surface area (Å²) in [5, 5.41) is 6.91. The first-order valence-electron chi connectivity index (χ1n) is 6.10. The van der Waals surface area contributed by atoms with Crippen LogP contribution in [0.3, 0.4) is 0 Å². The highest BCUT2D eigenvalue weighted by Gasteiger charge is 2.10. The van der Waals surface area contributed by atoms with Crippen LogP contribution in [0.1, 0.15) is 35.8 Å². The van der Waals surface area contributed by atoms with Crippen LogP contribution in [0.25, 0.3) is 0 Å². The van der Waals surface area contributed by atoms with E-state index in [0.717, 1.165) is 0 Å². The number of nitrogens with zero attached hydrogens (tertiary/aromatic N) is 2. The minimum atomic E-state index is -0.319. The van der Waals surface area contributed by atoms with Crippen molar-refractivity contribution in [3.05, 3.63) is 47.4 Å². The molecule has 100 valence electrons. The standard InChI is InChI=1S/C14H16FN3O/c1-9(2)18-7-6-13(17-18)16-14(19)11-4-5-12(15)10(3)8-11/h4-9H,1-3H3,(H,16,17,19). The number of carbonyl (C=O) groups excluding carboxylic acids is 1. The lowest BCUT2D eigenvalue weighted by atomic mass is 10.1. The second-order valence-electron chi connectivity index (χ2n) is 4.69. The van der Waals surface area contributed by atoms with Crippen LogP contribution in [-0.2, 0) is 0 Å². The fraction of sp³-hybridized carbons (Fsp3) is 0.286. The highest BCUT2D eigenvalue weighted by Crippen LogP contribution is 2.12. The molecule has 0 saturated carbocycles. The third kappa shape index (κ3) is 2.99. The molecule has 1 aromatic carbocycles. The predicted octanol–water partition coefficient (Wildman–Crippen LogP) is 3.16. The summed E-state index contributed by atoms with van der Waals surface area (Å²) >= 11 is 0. The molecule has 1 N–H and O–H groups in total. The van der Waals surface area contributed by atoms with Crippen LogP contribution in [0, 0.1) is 12.7 Å². The van der Waals surface area contributed by atoms with Crippen LogP contribution < -0.4 is 5.32 Å². The SMILES string of the molecule is Cc1cc(C(=O)Nc2ccn(C(C)C)n2)ccc1F. The minimum Gasteiger partial charge on any atom is -0.305 e. The number of aromatic nitrogens is 2. The lowest BCUT2D eigenvalue weighted by Gasteiger charge is -2.05. The molecular weight excluding hydrogens is 245 g/mol. The number of amides is 1. The zero-order chi connectivity index (χ0) is 14.0. The molecule has 0 atom stereocenters. The van der Waals surface area contributed by atoms with Gasteiger partial charge in [0.05, 0.1) is 0 Å². The third-order valence-corrected chi connectivity index (χ3v) is 2.80. The first-order valence-corrected chi connectivity index (χ1v) is 6.10. The van der Waals surface area contributed by atoms with Gasteiger partial charge in [0.2, 0.25) is 0 Å². The minimum absolute atomic E-state index is 0.235. The molecule has 0 radical (unpaired) electrons. The number of rotatable bonds is 3. The van der Waals surface area contributed by atoms with Crippen molar-refractivity contribution in [3.63, 3.8) is 0 Å². The van der Waals surface area contributed by atoms with Crippen molar-refractivity contribution >= 4 is 11.7 Å². The first kappa shape index (κ1) is 13.3. The number of halogens is 1. The molecule has 5 heteroatoms. The van der Waals surface area contributed by atoms with Gasteiger partial charge in [-0.15, -0.1) is 0 Å². The average molecular weight is 261 g/mol. The summed E-state index contributed by atoms with van der Waals surface area (Å²) in [4.78, 5) is 12.0. The van der Waals surface area contributed by atoms with Gasteiger partial charge in [0.25, 0.3) is 5.91 Å². The van der Waals surface area contributed by atoms with E-state index in [-0.39, 0.29) is 17.8 Å². The monoisotopic (exact) mass is 261 g/mol. The molecule has 0 aliphatic rings. The Morgan fingerprint density at radius 2 is 2.11 bits per heavy atom. The van der Waals surface area contributed by atoms with E-state index in [0.29, 0.717) is 16.9 Å². The van der Waals surface area contributed by atoms with Crippen LogP contribution in [0.4, 0.5) is 10.2 Å². The normalized spacial score (nSPS) is 10.8. The Morgan fingerprint density at radius 3 is 2.68 bits per heavy atom. The fourth-order valence-corrected chi connectivity index (χ4v) is 1.67. The molecule has 1 amide bonds. The number of anilines is 1. The highest BCUT2D eigenvalue weighted by atomic mass is 19.1. The second-order valence-corrected chi connectivity index (χ2v) is 4.69. The molecule has 4 nitrogen and oxygen atoms in total. The van der Waals surface area contributed by atoms with Crippen molar-refractivity contribution in [1.82, 2.24) is 9.78 Å². The van der Waals surface area contributed by atoms with Crippen molar-refractivity contribution in [1.29, 1.82) is 0 Å². The topological polar surface area (TPSA) is 46.9 Å². The van der Waals surface area contributed by atoms with Crippen molar-refractivity contribution in [2.75, 3.05) is 5.32 Å². The Labute approximate surface area is 111 Å². The van der Waals surface area contributed by atoms with Gasteiger partial charge < -0.3 is 5.32 Å². The molecule has 0 fully saturated rings. The number of carbonyl (C=O) groups is 1. The maximum atomic E-state index is 13.1. The smallest absolute Gasteiger partial charge is 0.256 e. The maximum Gasteiger partial charge on any atom is 0.256 e. The number of nitrogens with one attached hydrogen (secondary N) is 1. The summed E-state index contributed by atoms with van der Waals surface area (Å²) in [7, 11) is 0. The third-order valence-electron chi connectivity index (χ3n) is 2.80. The first-order chi connectivity index (χ1) is 8.97. The van der Waals surface area contributed by atoms with E-state index in [9.17, 15) is 9.18 Å². The van der Waals surface area contributed by atoms with Gasteiger partial charge in [-0.05, 0) is 44.5 Å². The van der Waals surface area contributed by atoms with E-state index >= 15 is 0 Å². The van der Waals surface area contributed by atoms with Crippen LogP contribution in [0.2, 0.25) is 0 Å². The molecule has 1 aromatic heterocycles. The molecule has 0 aliphatic carbocycles. The average Bonchev–Trinajstić information content (AvgIpc) is 2.81. The molecule has 2 aromatic rings. The molecular formula is C14H16FN3O. The predicted molar refractivity (Wildman–Crippen MR) is 71.7 cm³/mol. The lowest BCUT2D eigenvalue weighted by Crippen LogP contribution is -2.13. The number of hydrogen-bond acceptors (Lipinski definition) is 2. The van der Waals surface area contributed by atoms with E-state index in [4.69, 9.17) is 0 Å². The Hall–Kier alpha value is -2.17. The van der Waals surface area contributed by atoms with Gasteiger partial charge in [-0.3, -0.25) is 9.48 Å². The van der Waals surface area contributed by atoms with Gasteiger partial charge in [-0.25, -0.2) is 4.39 Å². The van der Waals surface area contributed by atoms with Crippen molar-refractivity contribution < 1.29 is 9.18 Å². The van der Waals surface area contributed by atoms with Gasteiger partial charge in [-0.2, -0.15) is 5.10 Å². The molecule has 0 spiro atoms. The van der Waals surface area contributed by atoms with Crippen molar-refractivity contribution in [2.24, 2.45) is 0 Å². The number of aryl methyl sites for hydroxylation is 1. The van der Waals surface area contributed by atoms with E-state index < -0.39 is 0 Å². The maximum absolute atomic E-state index is 13.1. The number of benzene rings is 1. The van der Waals surface area contributed by atoms with E-state index in [2.05, 4.69) is 10.4 Å². The van der Waals surface area contributed by atoms with Crippen LogP contribution in [0.5, 0.6) is 0 Å². The molecule has 0 bridgehead atoms. The second kappa shape index (κ2) is 5.22.